The first-order valence-electron chi connectivity index (χ1n) is 14.9. The number of aliphatic hydroxyl groups excluding tert-OH is 1. The van der Waals surface area contributed by atoms with Gasteiger partial charge in [-0.3, -0.25) is 9.69 Å². The number of amides is 3. The highest BCUT2D eigenvalue weighted by Crippen LogP contribution is 2.31. The van der Waals surface area contributed by atoms with Crippen molar-refractivity contribution in [3.63, 3.8) is 0 Å². The SMILES string of the molecule is COc1ccc(CN(C)C[C@@H]2Oc3ccc(NC(=O)Nc4cccc5ccccc45)cc3C(=O)N([C@H](C)CO)C[C@H]2C)cc1. The molecule has 0 unspecified atom stereocenters. The van der Waals surface area contributed by atoms with E-state index in [0.29, 0.717) is 42.3 Å². The molecule has 230 valence electrons. The third-order valence-corrected chi connectivity index (χ3v) is 8.06. The Labute approximate surface area is 258 Å². The second-order valence-electron chi connectivity index (χ2n) is 11.5. The monoisotopic (exact) mass is 596 g/mol. The molecule has 0 bridgehead atoms. The largest absolute Gasteiger partial charge is 0.497 e. The van der Waals surface area contributed by atoms with Crippen LogP contribution in [0.15, 0.2) is 84.9 Å². The third kappa shape index (κ3) is 7.12. The number of nitrogens with zero attached hydrogens (tertiary/aromatic N) is 2. The van der Waals surface area contributed by atoms with Crippen molar-refractivity contribution in [2.45, 2.75) is 32.5 Å². The number of rotatable bonds is 9. The molecule has 0 spiro atoms. The molecule has 9 nitrogen and oxygen atoms in total. The molecule has 0 saturated heterocycles. The number of hydrogen-bond donors (Lipinski definition) is 3. The fourth-order valence-corrected chi connectivity index (χ4v) is 5.55. The highest BCUT2D eigenvalue weighted by Gasteiger charge is 2.33. The number of likely N-dealkylation sites (N-methyl/N-ethyl adjacent to an activating group) is 1. The summed E-state index contributed by atoms with van der Waals surface area (Å²) in [6.45, 7) is 5.48. The van der Waals surface area contributed by atoms with Gasteiger partial charge in [0.2, 0.25) is 0 Å². The van der Waals surface area contributed by atoms with Crippen LogP contribution in [0.25, 0.3) is 10.8 Å². The standard InChI is InChI=1S/C35H40N4O5/c1-23-19-39(24(2)22-40)34(41)30-18-27(36-35(42)37-31-11-7-9-26-8-5-6-10-29(26)31)14-17-32(30)44-33(23)21-38(3)20-25-12-15-28(43-4)16-13-25/h5-18,23-24,33,40H,19-22H2,1-4H3,(H2,36,37,42)/t23-,24-,33+/m1/s1. The van der Waals surface area contributed by atoms with Crippen molar-refractivity contribution in [2.75, 3.05) is 44.5 Å². The summed E-state index contributed by atoms with van der Waals surface area (Å²) in [5.41, 5.74) is 2.62. The number of carbonyl (C=O) groups excluding carboxylic acids is 2. The summed E-state index contributed by atoms with van der Waals surface area (Å²) in [4.78, 5) is 30.7. The fraction of sp³-hybridized carbons (Fsp3) is 0.314. The van der Waals surface area contributed by atoms with Gasteiger partial charge in [-0.1, -0.05) is 55.5 Å². The predicted octanol–water partition coefficient (Wildman–Crippen LogP) is 5.84. The predicted molar refractivity (Wildman–Crippen MR) is 174 cm³/mol. The van der Waals surface area contributed by atoms with E-state index < -0.39 is 6.03 Å². The Balaban J connectivity index is 1.36. The molecule has 0 aliphatic carbocycles. The zero-order valence-corrected chi connectivity index (χ0v) is 25.6. The molecule has 1 aliphatic heterocycles. The molecule has 3 amide bonds. The van der Waals surface area contributed by atoms with Gasteiger partial charge in [0.05, 0.1) is 31.0 Å². The lowest BCUT2D eigenvalue weighted by Crippen LogP contribution is -2.49. The van der Waals surface area contributed by atoms with Crippen molar-refractivity contribution in [1.82, 2.24) is 9.80 Å². The number of carbonyl (C=O) groups is 2. The summed E-state index contributed by atoms with van der Waals surface area (Å²) in [6, 6.07) is 25.8. The molecule has 1 heterocycles. The van der Waals surface area contributed by atoms with Gasteiger partial charge < -0.3 is 30.1 Å². The van der Waals surface area contributed by atoms with E-state index in [1.807, 2.05) is 80.7 Å². The Bertz CT molecular complexity index is 1600. The van der Waals surface area contributed by atoms with Crippen molar-refractivity contribution in [2.24, 2.45) is 5.92 Å². The summed E-state index contributed by atoms with van der Waals surface area (Å²) in [6.07, 6.45) is -0.230. The van der Waals surface area contributed by atoms with Crippen LogP contribution < -0.4 is 20.1 Å². The van der Waals surface area contributed by atoms with Gasteiger partial charge in [-0.05, 0) is 61.3 Å². The highest BCUT2D eigenvalue weighted by atomic mass is 16.5. The van der Waals surface area contributed by atoms with Crippen LogP contribution in [0.4, 0.5) is 16.2 Å². The maximum absolute atomic E-state index is 13.8. The van der Waals surface area contributed by atoms with Crippen LogP contribution in [0, 0.1) is 5.92 Å². The Morgan fingerprint density at radius 3 is 2.57 bits per heavy atom. The second kappa shape index (κ2) is 13.8. The average molecular weight is 597 g/mol. The topological polar surface area (TPSA) is 103 Å². The fourth-order valence-electron chi connectivity index (χ4n) is 5.55. The zero-order chi connectivity index (χ0) is 31.2. The smallest absolute Gasteiger partial charge is 0.323 e. The minimum atomic E-state index is -0.423. The van der Waals surface area contributed by atoms with E-state index >= 15 is 0 Å². The molecule has 4 aromatic rings. The quantitative estimate of drug-likeness (QED) is 0.224. The van der Waals surface area contributed by atoms with Gasteiger partial charge in [-0.2, -0.15) is 0 Å². The Kier molecular flexibility index (Phi) is 9.67. The third-order valence-electron chi connectivity index (χ3n) is 8.06. The van der Waals surface area contributed by atoms with Crippen LogP contribution >= 0.6 is 0 Å². The summed E-state index contributed by atoms with van der Waals surface area (Å²) >= 11 is 0. The van der Waals surface area contributed by atoms with Crippen LogP contribution in [0.3, 0.4) is 0 Å². The van der Waals surface area contributed by atoms with E-state index in [2.05, 4.69) is 22.5 Å². The van der Waals surface area contributed by atoms with Gasteiger partial charge >= 0.3 is 6.03 Å². The van der Waals surface area contributed by atoms with Crippen LogP contribution in [-0.4, -0.2) is 72.8 Å². The van der Waals surface area contributed by atoms with E-state index in [4.69, 9.17) is 9.47 Å². The van der Waals surface area contributed by atoms with E-state index in [-0.39, 0.29) is 30.6 Å². The number of hydrogen-bond acceptors (Lipinski definition) is 6. The van der Waals surface area contributed by atoms with Crippen LogP contribution in [0.2, 0.25) is 0 Å². The molecule has 5 rings (SSSR count). The molecule has 3 atom stereocenters. The maximum atomic E-state index is 13.8. The van der Waals surface area contributed by atoms with Gasteiger partial charge in [0.1, 0.15) is 17.6 Å². The molecule has 0 fully saturated rings. The lowest BCUT2D eigenvalue weighted by atomic mass is 9.99. The number of urea groups is 1. The van der Waals surface area contributed by atoms with E-state index in [0.717, 1.165) is 22.1 Å². The lowest BCUT2D eigenvalue weighted by molar-refractivity contribution is 0.0341. The minimum Gasteiger partial charge on any atom is -0.497 e. The van der Waals surface area contributed by atoms with E-state index in [1.54, 1.807) is 30.2 Å². The van der Waals surface area contributed by atoms with Crippen molar-refractivity contribution in [3.05, 3.63) is 96.1 Å². The van der Waals surface area contributed by atoms with Crippen molar-refractivity contribution in [1.29, 1.82) is 0 Å². The number of methoxy groups -OCH3 is 1. The zero-order valence-electron chi connectivity index (χ0n) is 25.6. The molecular weight excluding hydrogens is 556 g/mol. The summed E-state index contributed by atoms with van der Waals surface area (Å²) in [5.74, 6) is 0.993. The van der Waals surface area contributed by atoms with Crippen LogP contribution in [0.1, 0.15) is 29.8 Å². The Morgan fingerprint density at radius 2 is 1.82 bits per heavy atom. The van der Waals surface area contributed by atoms with E-state index in [9.17, 15) is 14.7 Å². The molecule has 0 radical (unpaired) electrons. The van der Waals surface area contributed by atoms with E-state index in [1.165, 1.54) is 0 Å². The number of aliphatic hydroxyl groups is 1. The molecule has 3 N–H and O–H groups in total. The minimum absolute atomic E-state index is 0.0105. The number of anilines is 2. The molecule has 0 saturated carbocycles. The maximum Gasteiger partial charge on any atom is 0.323 e. The second-order valence-corrected chi connectivity index (χ2v) is 11.5. The first-order valence-corrected chi connectivity index (χ1v) is 14.9. The normalized spacial score (nSPS) is 17.3. The van der Waals surface area contributed by atoms with Crippen molar-refractivity contribution < 1.29 is 24.2 Å². The number of fused-ring (bicyclic) bond motifs is 2. The molecule has 0 aromatic heterocycles. The summed E-state index contributed by atoms with van der Waals surface area (Å²) < 4.78 is 11.8. The molecule has 4 aromatic carbocycles. The first-order chi connectivity index (χ1) is 21.2. The van der Waals surface area contributed by atoms with Gasteiger partial charge in [-0.25, -0.2) is 4.79 Å². The van der Waals surface area contributed by atoms with Crippen LogP contribution in [0.5, 0.6) is 11.5 Å². The van der Waals surface area contributed by atoms with Crippen LogP contribution in [-0.2, 0) is 6.54 Å². The number of benzene rings is 4. The van der Waals surface area contributed by atoms with Crippen molar-refractivity contribution >= 4 is 34.1 Å². The Morgan fingerprint density at radius 1 is 1.07 bits per heavy atom. The Hall–Kier alpha value is -4.60. The van der Waals surface area contributed by atoms with Gasteiger partial charge in [0.25, 0.3) is 5.91 Å². The first kappa shape index (κ1) is 30.8. The number of ether oxygens (including phenoxy) is 2. The average Bonchev–Trinajstić information content (AvgIpc) is 3.03. The van der Waals surface area contributed by atoms with Gasteiger partial charge in [0.15, 0.2) is 0 Å². The van der Waals surface area contributed by atoms with Gasteiger partial charge in [-0.15, -0.1) is 0 Å². The summed E-state index contributed by atoms with van der Waals surface area (Å²) in [5, 5.41) is 17.7. The van der Waals surface area contributed by atoms with Crippen molar-refractivity contribution in [3.8, 4) is 11.5 Å². The molecule has 44 heavy (non-hydrogen) atoms. The summed E-state index contributed by atoms with van der Waals surface area (Å²) in [7, 11) is 3.69. The molecule has 9 heteroatoms. The molecule has 1 aliphatic rings. The highest BCUT2D eigenvalue weighted by molar-refractivity contribution is 6.07. The van der Waals surface area contributed by atoms with Gasteiger partial charge in [0, 0.05) is 36.6 Å². The lowest BCUT2D eigenvalue weighted by Gasteiger charge is -2.38. The number of nitrogens with one attached hydrogen (secondary N) is 2. The molecular formula is C35H40N4O5.